The molecule has 0 amide bonds. The minimum Gasteiger partial charge on any atom is -0.384 e. The summed E-state index contributed by atoms with van der Waals surface area (Å²) in [6.07, 6.45) is 0.493. The molecule has 8 heavy (non-hydrogen) atoms. The molecule has 1 aliphatic carbocycles. The van der Waals surface area contributed by atoms with Gasteiger partial charge in [0.2, 0.25) is 0 Å². The highest BCUT2D eigenvalue weighted by Gasteiger charge is 2.57. The van der Waals surface area contributed by atoms with Gasteiger partial charge in [-0.05, 0) is 12.8 Å². The largest absolute Gasteiger partial charge is 0.384 e. The molecule has 0 bridgehead atoms. The van der Waals surface area contributed by atoms with Crippen LogP contribution in [0.25, 0.3) is 0 Å². The average Bonchev–Trinajstić information content (AvgIpc) is 2.16. The van der Waals surface area contributed by atoms with Gasteiger partial charge in [-0.2, -0.15) is 0 Å². The van der Waals surface area contributed by atoms with E-state index in [0.29, 0.717) is 0 Å². The van der Waals surface area contributed by atoms with Crippen LogP contribution in [0.5, 0.6) is 0 Å². The zero-order chi connectivity index (χ0) is 6.41. The van der Waals surface area contributed by atoms with Crippen LogP contribution in [0.4, 0.5) is 8.78 Å². The maximum Gasteiger partial charge on any atom is 0.273 e. The van der Waals surface area contributed by atoms with Gasteiger partial charge in [0.05, 0.1) is 0 Å². The van der Waals surface area contributed by atoms with Crippen molar-refractivity contribution in [2.24, 2.45) is 0 Å². The number of hydrogen-bond acceptors (Lipinski definition) is 1. The number of rotatable bonds is 1. The molecule has 0 heterocycles. The lowest BCUT2D eigenvalue weighted by Gasteiger charge is -2.15. The van der Waals surface area contributed by atoms with Crippen LogP contribution in [0.1, 0.15) is 19.8 Å². The maximum atomic E-state index is 12.0. The number of hydrogen-bond donors (Lipinski definition) is 1. The summed E-state index contributed by atoms with van der Waals surface area (Å²) in [4.78, 5) is 0. The summed E-state index contributed by atoms with van der Waals surface area (Å²) in [6.45, 7) is 0.750. The molecule has 1 saturated carbocycles. The molecule has 1 fully saturated rings. The van der Waals surface area contributed by atoms with Crippen molar-refractivity contribution in [1.29, 1.82) is 0 Å². The van der Waals surface area contributed by atoms with Crippen LogP contribution >= 0.6 is 0 Å². The fourth-order valence-corrected chi connectivity index (χ4v) is 0.557. The van der Waals surface area contributed by atoms with Crippen molar-refractivity contribution in [3.8, 4) is 0 Å². The fourth-order valence-electron chi connectivity index (χ4n) is 0.557. The fraction of sp³-hybridized carbons (Fsp3) is 1.00. The molecule has 0 saturated heterocycles. The Morgan fingerprint density at radius 3 is 1.88 bits per heavy atom. The summed E-state index contributed by atoms with van der Waals surface area (Å²) in [5.41, 5.74) is -1.65. The minimum absolute atomic E-state index is 0.247. The lowest BCUT2D eigenvalue weighted by Crippen LogP contribution is -2.31. The van der Waals surface area contributed by atoms with Crippen molar-refractivity contribution in [1.82, 2.24) is 0 Å². The average molecular weight is 122 g/mol. The summed E-state index contributed by atoms with van der Waals surface area (Å²) in [7, 11) is 0. The standard InChI is InChI=1S/C5H8F2O/c1-4(6,7)5(8)2-3-5/h8H,2-3H2,1H3. The molecular formula is C5H8F2O. The Morgan fingerprint density at radius 2 is 1.88 bits per heavy atom. The van der Waals surface area contributed by atoms with Crippen molar-refractivity contribution in [3.63, 3.8) is 0 Å². The molecule has 0 aliphatic heterocycles. The Labute approximate surface area is 46.3 Å². The molecule has 0 aromatic rings. The first-order valence-electron chi connectivity index (χ1n) is 2.56. The first-order valence-corrected chi connectivity index (χ1v) is 2.56. The van der Waals surface area contributed by atoms with E-state index in [1.54, 1.807) is 0 Å². The summed E-state index contributed by atoms with van der Waals surface area (Å²) >= 11 is 0. The predicted molar refractivity (Wildman–Crippen MR) is 24.8 cm³/mol. The molecule has 0 radical (unpaired) electrons. The molecule has 1 N–H and O–H groups in total. The molecule has 1 aliphatic rings. The number of alkyl halides is 2. The van der Waals surface area contributed by atoms with Crippen molar-refractivity contribution in [3.05, 3.63) is 0 Å². The van der Waals surface area contributed by atoms with Crippen molar-refractivity contribution < 1.29 is 13.9 Å². The molecule has 0 atom stereocenters. The summed E-state index contributed by atoms with van der Waals surface area (Å²) < 4.78 is 24.1. The van der Waals surface area contributed by atoms with Gasteiger partial charge in [-0.15, -0.1) is 0 Å². The lowest BCUT2D eigenvalue weighted by molar-refractivity contribution is -0.110. The van der Waals surface area contributed by atoms with E-state index in [0.717, 1.165) is 6.92 Å². The van der Waals surface area contributed by atoms with E-state index in [1.165, 1.54) is 0 Å². The monoisotopic (exact) mass is 122 g/mol. The van der Waals surface area contributed by atoms with Crippen LogP contribution in [-0.4, -0.2) is 16.6 Å². The number of halogens is 2. The second-order valence-corrected chi connectivity index (χ2v) is 2.42. The summed E-state index contributed by atoms with van der Waals surface area (Å²) in [5.74, 6) is -2.90. The highest BCUT2D eigenvalue weighted by molar-refractivity contribution is 5.02. The second kappa shape index (κ2) is 1.21. The first kappa shape index (κ1) is 5.95. The molecule has 48 valence electrons. The maximum absolute atomic E-state index is 12.0. The van der Waals surface area contributed by atoms with E-state index < -0.39 is 11.5 Å². The van der Waals surface area contributed by atoms with Crippen LogP contribution in [0.2, 0.25) is 0 Å². The smallest absolute Gasteiger partial charge is 0.273 e. The molecule has 0 spiro atoms. The highest BCUT2D eigenvalue weighted by atomic mass is 19.3. The van der Waals surface area contributed by atoms with E-state index in [4.69, 9.17) is 5.11 Å². The molecule has 0 aromatic carbocycles. The van der Waals surface area contributed by atoms with Crippen LogP contribution in [0.15, 0.2) is 0 Å². The summed E-state index contributed by atoms with van der Waals surface area (Å²) in [6, 6.07) is 0. The van der Waals surface area contributed by atoms with Crippen molar-refractivity contribution in [2.45, 2.75) is 31.3 Å². The third-order valence-corrected chi connectivity index (χ3v) is 1.54. The first-order chi connectivity index (χ1) is 3.46. The van der Waals surface area contributed by atoms with Gasteiger partial charge in [-0.3, -0.25) is 0 Å². The zero-order valence-electron chi connectivity index (χ0n) is 4.62. The van der Waals surface area contributed by atoms with Crippen LogP contribution in [0, 0.1) is 0 Å². The molecule has 3 heteroatoms. The zero-order valence-corrected chi connectivity index (χ0v) is 4.62. The van der Waals surface area contributed by atoms with Gasteiger partial charge in [0, 0.05) is 6.92 Å². The van der Waals surface area contributed by atoms with Crippen LogP contribution in [0.3, 0.4) is 0 Å². The third-order valence-electron chi connectivity index (χ3n) is 1.54. The Balaban J connectivity index is 2.58. The Hall–Kier alpha value is -0.180. The van der Waals surface area contributed by atoms with Crippen molar-refractivity contribution in [2.75, 3.05) is 0 Å². The molecule has 0 aromatic heterocycles. The highest BCUT2D eigenvalue weighted by Crippen LogP contribution is 2.47. The SMILES string of the molecule is CC(F)(F)C1(O)CC1. The van der Waals surface area contributed by atoms with Gasteiger partial charge in [-0.1, -0.05) is 0 Å². The lowest BCUT2D eigenvalue weighted by atomic mass is 10.2. The normalized spacial score (nSPS) is 25.5. The van der Waals surface area contributed by atoms with Crippen LogP contribution < -0.4 is 0 Å². The van der Waals surface area contributed by atoms with Gasteiger partial charge in [-0.25, -0.2) is 8.78 Å². The molecule has 1 nitrogen and oxygen atoms in total. The van der Waals surface area contributed by atoms with Gasteiger partial charge < -0.3 is 5.11 Å². The van der Waals surface area contributed by atoms with E-state index >= 15 is 0 Å². The predicted octanol–water partition coefficient (Wildman–Crippen LogP) is 1.17. The van der Waals surface area contributed by atoms with Gasteiger partial charge in [0.25, 0.3) is 5.92 Å². The Bertz CT molecular complexity index is 98.2. The number of aliphatic hydroxyl groups is 1. The quantitative estimate of drug-likeness (QED) is 0.553. The van der Waals surface area contributed by atoms with E-state index in [-0.39, 0.29) is 12.8 Å². The third kappa shape index (κ3) is 0.708. The summed E-state index contributed by atoms with van der Waals surface area (Å²) in [5, 5.41) is 8.72. The Morgan fingerprint density at radius 1 is 1.50 bits per heavy atom. The minimum atomic E-state index is -2.90. The van der Waals surface area contributed by atoms with Gasteiger partial charge in [0.15, 0.2) is 0 Å². The van der Waals surface area contributed by atoms with E-state index in [9.17, 15) is 8.78 Å². The van der Waals surface area contributed by atoms with Crippen molar-refractivity contribution >= 4 is 0 Å². The molecule has 1 rings (SSSR count). The topological polar surface area (TPSA) is 20.2 Å². The molecular weight excluding hydrogens is 114 g/mol. The van der Waals surface area contributed by atoms with Crippen LogP contribution in [-0.2, 0) is 0 Å². The van der Waals surface area contributed by atoms with E-state index in [1.807, 2.05) is 0 Å². The van der Waals surface area contributed by atoms with E-state index in [2.05, 4.69) is 0 Å². The second-order valence-electron chi connectivity index (χ2n) is 2.42. The van der Waals surface area contributed by atoms with Gasteiger partial charge >= 0.3 is 0 Å². The molecule has 0 unspecified atom stereocenters. The Kier molecular flexibility index (Phi) is 0.899. The van der Waals surface area contributed by atoms with Gasteiger partial charge in [0.1, 0.15) is 5.60 Å².